The highest BCUT2D eigenvalue weighted by molar-refractivity contribution is 5.84. The summed E-state index contributed by atoms with van der Waals surface area (Å²) in [5.74, 6) is -0.0552. The summed E-state index contributed by atoms with van der Waals surface area (Å²) < 4.78 is 18.3. The topological polar surface area (TPSA) is 26.3 Å². The lowest BCUT2D eigenvalue weighted by molar-refractivity contribution is -0.123. The summed E-state index contributed by atoms with van der Waals surface area (Å²) in [6.45, 7) is 4.44. The zero-order valence-electron chi connectivity index (χ0n) is 10.2. The average molecular weight is 236 g/mol. The van der Waals surface area contributed by atoms with Crippen LogP contribution in [0, 0.1) is 18.7 Å². The third kappa shape index (κ3) is 2.72. The third-order valence-corrected chi connectivity index (χ3v) is 3.46. The Hall–Kier alpha value is -1.22. The SMILES string of the molecule is Cc1cc(F)ccc1CC(=O)C1CCOC1C. The number of ether oxygens (including phenoxy) is 1. The van der Waals surface area contributed by atoms with Crippen LogP contribution in [-0.4, -0.2) is 18.5 Å². The van der Waals surface area contributed by atoms with Crippen LogP contribution in [-0.2, 0) is 16.0 Å². The number of halogens is 1. The molecule has 0 radical (unpaired) electrons. The van der Waals surface area contributed by atoms with Gasteiger partial charge in [-0.3, -0.25) is 4.79 Å². The van der Waals surface area contributed by atoms with Crippen LogP contribution in [0.25, 0.3) is 0 Å². The van der Waals surface area contributed by atoms with Crippen molar-refractivity contribution in [2.24, 2.45) is 5.92 Å². The van der Waals surface area contributed by atoms with Gasteiger partial charge in [-0.2, -0.15) is 0 Å². The number of hydrogen-bond donors (Lipinski definition) is 0. The van der Waals surface area contributed by atoms with Crippen molar-refractivity contribution in [3.63, 3.8) is 0 Å². The highest BCUT2D eigenvalue weighted by Gasteiger charge is 2.30. The fraction of sp³-hybridized carbons (Fsp3) is 0.500. The molecule has 0 aromatic heterocycles. The Bertz CT molecular complexity index is 428. The van der Waals surface area contributed by atoms with Gasteiger partial charge < -0.3 is 4.74 Å². The van der Waals surface area contributed by atoms with Gasteiger partial charge in [0.05, 0.1) is 6.10 Å². The number of carbonyl (C=O) groups is 1. The molecule has 1 heterocycles. The molecule has 2 nitrogen and oxygen atoms in total. The van der Waals surface area contributed by atoms with Crippen LogP contribution in [0.5, 0.6) is 0 Å². The van der Waals surface area contributed by atoms with Crippen LogP contribution in [0.4, 0.5) is 4.39 Å². The van der Waals surface area contributed by atoms with Crippen molar-refractivity contribution in [2.45, 2.75) is 32.8 Å². The van der Waals surface area contributed by atoms with Crippen molar-refractivity contribution in [3.05, 3.63) is 35.1 Å². The number of carbonyl (C=O) groups excluding carboxylic acids is 1. The van der Waals surface area contributed by atoms with Crippen molar-refractivity contribution in [1.29, 1.82) is 0 Å². The molecule has 17 heavy (non-hydrogen) atoms. The van der Waals surface area contributed by atoms with Gasteiger partial charge in [-0.1, -0.05) is 6.07 Å². The molecule has 1 saturated heterocycles. The zero-order valence-corrected chi connectivity index (χ0v) is 10.2. The van der Waals surface area contributed by atoms with Crippen molar-refractivity contribution >= 4 is 5.78 Å². The third-order valence-electron chi connectivity index (χ3n) is 3.46. The predicted molar refractivity (Wildman–Crippen MR) is 63.4 cm³/mol. The zero-order chi connectivity index (χ0) is 12.4. The summed E-state index contributed by atoms with van der Waals surface area (Å²) in [5.41, 5.74) is 1.75. The van der Waals surface area contributed by atoms with E-state index in [2.05, 4.69) is 0 Å². The summed E-state index contributed by atoms with van der Waals surface area (Å²) >= 11 is 0. The van der Waals surface area contributed by atoms with Gasteiger partial charge in [0, 0.05) is 18.9 Å². The van der Waals surface area contributed by atoms with Crippen molar-refractivity contribution in [1.82, 2.24) is 0 Å². The van der Waals surface area contributed by atoms with E-state index in [1.807, 2.05) is 13.8 Å². The normalized spacial score (nSPS) is 23.9. The molecule has 1 aliphatic rings. The molecule has 0 aliphatic carbocycles. The van der Waals surface area contributed by atoms with Crippen LogP contribution in [0.3, 0.4) is 0 Å². The molecule has 1 fully saturated rings. The monoisotopic (exact) mass is 236 g/mol. The molecule has 1 aliphatic heterocycles. The largest absolute Gasteiger partial charge is 0.378 e. The standard InChI is InChI=1S/C14H17FO2/c1-9-7-12(15)4-3-11(9)8-14(16)13-5-6-17-10(13)2/h3-4,7,10,13H,5-6,8H2,1-2H3. The quantitative estimate of drug-likeness (QED) is 0.806. The van der Waals surface area contributed by atoms with Gasteiger partial charge >= 0.3 is 0 Å². The molecular weight excluding hydrogens is 219 g/mol. The van der Waals surface area contributed by atoms with E-state index in [-0.39, 0.29) is 23.6 Å². The minimum atomic E-state index is -0.253. The smallest absolute Gasteiger partial charge is 0.143 e. The maximum atomic E-state index is 12.9. The van der Waals surface area contributed by atoms with E-state index >= 15 is 0 Å². The van der Waals surface area contributed by atoms with E-state index in [0.717, 1.165) is 17.5 Å². The molecule has 2 unspecified atom stereocenters. The van der Waals surface area contributed by atoms with E-state index in [1.54, 1.807) is 6.07 Å². The first-order valence-electron chi connectivity index (χ1n) is 5.97. The first-order valence-corrected chi connectivity index (χ1v) is 5.97. The van der Waals surface area contributed by atoms with Crippen LogP contribution < -0.4 is 0 Å². The van der Waals surface area contributed by atoms with Gasteiger partial charge in [0.2, 0.25) is 0 Å². The molecular formula is C14H17FO2. The van der Waals surface area contributed by atoms with Gasteiger partial charge in [0.1, 0.15) is 11.6 Å². The number of aryl methyl sites for hydroxylation is 1. The Labute approximate surface area is 101 Å². The van der Waals surface area contributed by atoms with Gasteiger partial charge in [-0.25, -0.2) is 4.39 Å². The average Bonchev–Trinajstić information content (AvgIpc) is 2.68. The summed E-state index contributed by atoms with van der Waals surface area (Å²) in [5, 5.41) is 0. The minimum Gasteiger partial charge on any atom is -0.378 e. The Morgan fingerprint density at radius 3 is 2.88 bits per heavy atom. The molecule has 92 valence electrons. The van der Waals surface area contributed by atoms with Crippen LogP contribution >= 0.6 is 0 Å². The van der Waals surface area contributed by atoms with Gasteiger partial charge in [0.15, 0.2) is 0 Å². The van der Waals surface area contributed by atoms with E-state index in [0.29, 0.717) is 13.0 Å². The van der Waals surface area contributed by atoms with Gasteiger partial charge in [0.25, 0.3) is 0 Å². The van der Waals surface area contributed by atoms with Crippen LogP contribution in [0.1, 0.15) is 24.5 Å². The fourth-order valence-corrected chi connectivity index (χ4v) is 2.33. The molecule has 0 bridgehead atoms. The second kappa shape index (κ2) is 4.96. The van der Waals surface area contributed by atoms with Crippen molar-refractivity contribution < 1.29 is 13.9 Å². The highest BCUT2D eigenvalue weighted by atomic mass is 19.1. The lowest BCUT2D eigenvalue weighted by Crippen LogP contribution is -2.23. The Balaban J connectivity index is 2.07. The van der Waals surface area contributed by atoms with Gasteiger partial charge in [-0.15, -0.1) is 0 Å². The molecule has 2 atom stereocenters. The summed E-state index contributed by atoms with van der Waals surface area (Å²) in [6, 6.07) is 4.57. The number of benzene rings is 1. The number of Topliss-reactive ketones (excluding diaryl/α,β-unsaturated/α-hetero) is 1. The molecule has 0 N–H and O–H groups in total. The maximum Gasteiger partial charge on any atom is 0.143 e. The fourth-order valence-electron chi connectivity index (χ4n) is 2.33. The predicted octanol–water partition coefficient (Wildman–Crippen LogP) is 2.67. The number of hydrogen-bond acceptors (Lipinski definition) is 2. The molecule has 1 aromatic carbocycles. The van der Waals surface area contributed by atoms with E-state index < -0.39 is 0 Å². The minimum absolute atomic E-state index is 0.000506. The molecule has 1 aromatic rings. The van der Waals surface area contributed by atoms with E-state index in [1.165, 1.54) is 12.1 Å². The number of ketones is 1. The lowest BCUT2D eigenvalue weighted by Gasteiger charge is -2.13. The molecule has 0 amide bonds. The molecule has 3 heteroatoms. The van der Waals surface area contributed by atoms with E-state index in [4.69, 9.17) is 4.74 Å². The first-order chi connectivity index (χ1) is 8.08. The molecule has 0 spiro atoms. The summed E-state index contributed by atoms with van der Waals surface area (Å²) in [4.78, 5) is 12.1. The molecule has 0 saturated carbocycles. The van der Waals surface area contributed by atoms with Crippen LogP contribution in [0.2, 0.25) is 0 Å². The summed E-state index contributed by atoms with van der Waals surface area (Å²) in [6.07, 6.45) is 1.20. The summed E-state index contributed by atoms with van der Waals surface area (Å²) in [7, 11) is 0. The Morgan fingerprint density at radius 2 is 2.29 bits per heavy atom. The van der Waals surface area contributed by atoms with Crippen molar-refractivity contribution in [2.75, 3.05) is 6.61 Å². The second-order valence-corrected chi connectivity index (χ2v) is 4.68. The van der Waals surface area contributed by atoms with Gasteiger partial charge in [-0.05, 0) is 43.5 Å². The second-order valence-electron chi connectivity index (χ2n) is 4.68. The highest BCUT2D eigenvalue weighted by Crippen LogP contribution is 2.23. The first kappa shape index (κ1) is 12.2. The van der Waals surface area contributed by atoms with Crippen LogP contribution in [0.15, 0.2) is 18.2 Å². The number of rotatable bonds is 3. The lowest BCUT2D eigenvalue weighted by atomic mass is 9.91. The van der Waals surface area contributed by atoms with E-state index in [9.17, 15) is 9.18 Å². The maximum absolute atomic E-state index is 12.9. The van der Waals surface area contributed by atoms with Crippen molar-refractivity contribution in [3.8, 4) is 0 Å². The molecule has 2 rings (SSSR count). The Morgan fingerprint density at radius 1 is 1.53 bits per heavy atom. The Kier molecular flexibility index (Phi) is 3.57.